The van der Waals surface area contributed by atoms with Gasteiger partial charge in [-0.3, -0.25) is 4.68 Å². The zero-order chi connectivity index (χ0) is 15.6. The van der Waals surface area contributed by atoms with Crippen LogP contribution in [0.4, 0.5) is 5.82 Å². The third kappa shape index (κ3) is 1.88. The van der Waals surface area contributed by atoms with Crippen LogP contribution in [0.25, 0.3) is 11.1 Å². The number of nitrogen functional groups attached to an aromatic ring is 1. The number of nitrogens with zero attached hydrogens (tertiary/aromatic N) is 2. The quantitative estimate of drug-likeness (QED) is 0.863. The third-order valence-electron chi connectivity index (χ3n) is 5.56. The number of hydrogen-bond donors (Lipinski definition) is 1. The molecule has 0 radical (unpaired) electrons. The van der Waals surface area contributed by atoms with E-state index in [-0.39, 0.29) is 10.8 Å². The highest BCUT2D eigenvalue weighted by Gasteiger charge is 2.66. The molecule has 1 saturated carbocycles. The molecule has 3 rings (SSSR count). The molecule has 1 aromatic carbocycles. The first-order valence-electron chi connectivity index (χ1n) is 7.27. The molecule has 0 saturated heterocycles. The van der Waals surface area contributed by atoms with Crippen molar-refractivity contribution in [2.75, 3.05) is 5.73 Å². The average Bonchev–Trinajstić information content (AvgIpc) is 2.64. The molecule has 1 heterocycles. The predicted molar refractivity (Wildman–Crippen MR) is 91.1 cm³/mol. The van der Waals surface area contributed by atoms with E-state index in [2.05, 4.69) is 55.8 Å². The number of aryl methyl sites for hydroxylation is 1. The van der Waals surface area contributed by atoms with Crippen LogP contribution in [0, 0.1) is 10.8 Å². The van der Waals surface area contributed by atoms with Crippen LogP contribution in [0.3, 0.4) is 0 Å². The summed E-state index contributed by atoms with van der Waals surface area (Å²) in [6.45, 7) is 9.25. The second-order valence-electron chi connectivity index (χ2n) is 7.13. The van der Waals surface area contributed by atoms with Crippen LogP contribution < -0.4 is 5.73 Å². The number of rotatable bonds is 2. The van der Waals surface area contributed by atoms with E-state index in [1.165, 1.54) is 0 Å². The van der Waals surface area contributed by atoms with Gasteiger partial charge in [0.2, 0.25) is 0 Å². The van der Waals surface area contributed by atoms with E-state index < -0.39 is 0 Å². The summed E-state index contributed by atoms with van der Waals surface area (Å²) in [4.78, 5) is 0. The van der Waals surface area contributed by atoms with Gasteiger partial charge in [0, 0.05) is 28.6 Å². The fourth-order valence-corrected chi connectivity index (χ4v) is 4.06. The first-order chi connectivity index (χ1) is 9.69. The lowest BCUT2D eigenvalue weighted by Gasteiger charge is -2.07. The number of benzene rings is 1. The van der Waals surface area contributed by atoms with Gasteiger partial charge in [-0.2, -0.15) is 5.10 Å². The Morgan fingerprint density at radius 1 is 1.14 bits per heavy atom. The molecule has 2 aromatic rings. The van der Waals surface area contributed by atoms with Crippen LogP contribution in [-0.2, 0) is 7.05 Å². The Balaban J connectivity index is 2.22. The van der Waals surface area contributed by atoms with Crippen molar-refractivity contribution in [2.45, 2.75) is 33.6 Å². The maximum absolute atomic E-state index is 6.33. The topological polar surface area (TPSA) is 43.8 Å². The van der Waals surface area contributed by atoms with Crippen molar-refractivity contribution in [3.05, 3.63) is 34.4 Å². The zero-order valence-corrected chi connectivity index (χ0v) is 14.8. The molecule has 1 fully saturated rings. The lowest BCUT2D eigenvalue weighted by atomic mass is 9.99. The second kappa shape index (κ2) is 4.35. The first-order valence-corrected chi connectivity index (χ1v) is 8.06. The summed E-state index contributed by atoms with van der Waals surface area (Å²) in [6.07, 6.45) is 0. The Hall–Kier alpha value is -1.29. The Bertz CT molecular complexity index is 699. The van der Waals surface area contributed by atoms with Crippen LogP contribution in [0.1, 0.15) is 39.3 Å². The molecule has 0 bridgehead atoms. The van der Waals surface area contributed by atoms with E-state index in [0.717, 1.165) is 27.1 Å². The molecular formula is C17H22BrN3. The summed E-state index contributed by atoms with van der Waals surface area (Å²) < 4.78 is 2.86. The fraction of sp³-hybridized carbons (Fsp3) is 0.471. The number of halogens is 1. The number of aromatic nitrogens is 2. The van der Waals surface area contributed by atoms with Crippen molar-refractivity contribution >= 4 is 21.7 Å². The first kappa shape index (κ1) is 14.6. The van der Waals surface area contributed by atoms with Crippen molar-refractivity contribution in [3.63, 3.8) is 0 Å². The molecular weight excluding hydrogens is 326 g/mol. The maximum atomic E-state index is 6.33. The highest BCUT2D eigenvalue weighted by molar-refractivity contribution is 9.10. The van der Waals surface area contributed by atoms with E-state index in [1.54, 1.807) is 4.68 Å². The van der Waals surface area contributed by atoms with E-state index in [4.69, 9.17) is 10.8 Å². The standard InChI is InChI=1S/C17H22BrN3/c1-16(2)14(17(16,3)4)13-12(15(19)21(5)20-13)10-8-6-7-9-11(10)18/h6-9,14H,19H2,1-5H3. The van der Waals surface area contributed by atoms with Crippen LogP contribution in [0.15, 0.2) is 28.7 Å². The van der Waals surface area contributed by atoms with Gasteiger partial charge < -0.3 is 5.73 Å². The SMILES string of the molecule is Cn1nc(C2C(C)(C)C2(C)C)c(-c2ccccc2Br)c1N. The monoisotopic (exact) mass is 347 g/mol. The molecule has 3 nitrogen and oxygen atoms in total. The highest BCUT2D eigenvalue weighted by atomic mass is 79.9. The van der Waals surface area contributed by atoms with Crippen LogP contribution in [0.2, 0.25) is 0 Å². The predicted octanol–water partition coefficient (Wildman–Crippen LogP) is 4.58. The van der Waals surface area contributed by atoms with Gasteiger partial charge in [0.05, 0.1) is 5.69 Å². The molecule has 4 heteroatoms. The summed E-state index contributed by atoms with van der Waals surface area (Å²) in [5, 5.41) is 4.75. The Morgan fingerprint density at radius 3 is 2.24 bits per heavy atom. The molecule has 0 amide bonds. The molecule has 1 aromatic heterocycles. The van der Waals surface area contributed by atoms with Crippen LogP contribution >= 0.6 is 15.9 Å². The molecule has 2 N–H and O–H groups in total. The minimum Gasteiger partial charge on any atom is -0.383 e. The minimum atomic E-state index is 0.240. The van der Waals surface area contributed by atoms with Gasteiger partial charge in [-0.05, 0) is 16.9 Å². The Labute approximate surface area is 134 Å². The molecule has 21 heavy (non-hydrogen) atoms. The highest BCUT2D eigenvalue weighted by Crippen LogP contribution is 2.74. The van der Waals surface area contributed by atoms with Gasteiger partial charge >= 0.3 is 0 Å². The molecule has 1 aliphatic rings. The number of hydrogen-bond acceptors (Lipinski definition) is 2. The summed E-state index contributed by atoms with van der Waals surface area (Å²) in [7, 11) is 1.92. The summed E-state index contributed by atoms with van der Waals surface area (Å²) in [6, 6.07) is 8.21. The van der Waals surface area contributed by atoms with E-state index in [9.17, 15) is 0 Å². The van der Waals surface area contributed by atoms with Gasteiger partial charge in [0.25, 0.3) is 0 Å². The minimum absolute atomic E-state index is 0.240. The van der Waals surface area contributed by atoms with Crippen molar-refractivity contribution in [2.24, 2.45) is 17.9 Å². The van der Waals surface area contributed by atoms with Crippen molar-refractivity contribution < 1.29 is 0 Å². The molecule has 0 unspecified atom stereocenters. The summed E-state index contributed by atoms with van der Waals surface area (Å²) in [5.74, 6) is 1.16. The Kier molecular flexibility index (Phi) is 3.04. The zero-order valence-electron chi connectivity index (χ0n) is 13.2. The van der Waals surface area contributed by atoms with E-state index in [0.29, 0.717) is 5.92 Å². The van der Waals surface area contributed by atoms with Crippen molar-refractivity contribution in [3.8, 4) is 11.1 Å². The third-order valence-corrected chi connectivity index (χ3v) is 6.25. The van der Waals surface area contributed by atoms with Crippen LogP contribution in [-0.4, -0.2) is 9.78 Å². The molecule has 0 atom stereocenters. The summed E-state index contributed by atoms with van der Waals surface area (Å²) in [5.41, 5.74) is 10.1. The van der Waals surface area contributed by atoms with E-state index >= 15 is 0 Å². The van der Waals surface area contributed by atoms with Gasteiger partial charge in [0.15, 0.2) is 0 Å². The largest absolute Gasteiger partial charge is 0.383 e. The lowest BCUT2D eigenvalue weighted by molar-refractivity contribution is 0.457. The van der Waals surface area contributed by atoms with Gasteiger partial charge in [-0.15, -0.1) is 0 Å². The lowest BCUT2D eigenvalue weighted by Crippen LogP contribution is -1.98. The number of anilines is 1. The maximum Gasteiger partial charge on any atom is 0.129 e. The molecule has 0 spiro atoms. The Morgan fingerprint density at radius 2 is 1.71 bits per heavy atom. The fourth-order valence-electron chi connectivity index (χ4n) is 3.58. The smallest absolute Gasteiger partial charge is 0.129 e. The van der Waals surface area contributed by atoms with Gasteiger partial charge in [-0.1, -0.05) is 61.8 Å². The van der Waals surface area contributed by atoms with Crippen molar-refractivity contribution in [1.29, 1.82) is 0 Å². The molecule has 1 aliphatic carbocycles. The van der Waals surface area contributed by atoms with Crippen LogP contribution in [0.5, 0.6) is 0 Å². The second-order valence-corrected chi connectivity index (χ2v) is 7.98. The summed E-state index contributed by atoms with van der Waals surface area (Å²) >= 11 is 3.64. The van der Waals surface area contributed by atoms with Gasteiger partial charge in [0.1, 0.15) is 5.82 Å². The number of nitrogens with two attached hydrogens (primary N) is 1. The normalized spacial score (nSPS) is 19.7. The van der Waals surface area contributed by atoms with Crippen molar-refractivity contribution in [1.82, 2.24) is 9.78 Å². The molecule has 0 aliphatic heterocycles. The molecule has 112 valence electrons. The average molecular weight is 348 g/mol. The van der Waals surface area contributed by atoms with E-state index in [1.807, 2.05) is 19.2 Å². The van der Waals surface area contributed by atoms with Gasteiger partial charge in [-0.25, -0.2) is 0 Å².